The van der Waals surface area contributed by atoms with Gasteiger partial charge in [0.2, 0.25) is 0 Å². The number of hydrogen-bond acceptors (Lipinski definition) is 1. The summed E-state index contributed by atoms with van der Waals surface area (Å²) in [7, 11) is 0. The van der Waals surface area contributed by atoms with Crippen LogP contribution in [0.4, 0.5) is 0 Å². The van der Waals surface area contributed by atoms with Crippen molar-refractivity contribution in [3.05, 3.63) is 42.0 Å². The second kappa shape index (κ2) is 4.83. The highest BCUT2D eigenvalue weighted by molar-refractivity contribution is 5.49. The first-order chi connectivity index (χ1) is 6.20. The molecule has 0 saturated heterocycles. The Bertz CT molecular complexity index is 262. The second-order valence-corrected chi connectivity index (χ2v) is 3.59. The Labute approximate surface area is 80.3 Å². The molecule has 2 N–H and O–H groups in total. The summed E-state index contributed by atoms with van der Waals surface area (Å²) >= 11 is 0. The fourth-order valence-corrected chi connectivity index (χ4v) is 1.01. The molecule has 1 unspecified atom stereocenters. The lowest BCUT2D eigenvalue weighted by Crippen LogP contribution is -2.23. The van der Waals surface area contributed by atoms with Gasteiger partial charge in [-0.05, 0) is 11.5 Å². The van der Waals surface area contributed by atoms with Gasteiger partial charge in [-0.15, -0.1) is 0 Å². The van der Waals surface area contributed by atoms with Crippen molar-refractivity contribution in [1.29, 1.82) is 0 Å². The largest absolute Gasteiger partial charge is 0.324 e. The number of nitrogens with two attached hydrogens (primary N) is 1. The molecule has 1 aromatic rings. The summed E-state index contributed by atoms with van der Waals surface area (Å²) in [6.07, 6.45) is 4.13. The lowest BCUT2D eigenvalue weighted by Gasteiger charge is -2.09. The van der Waals surface area contributed by atoms with Crippen LogP contribution in [0.1, 0.15) is 19.4 Å². The molecule has 1 rings (SSSR count). The van der Waals surface area contributed by atoms with E-state index in [0.717, 1.165) is 0 Å². The van der Waals surface area contributed by atoms with E-state index in [2.05, 4.69) is 38.1 Å². The first-order valence-electron chi connectivity index (χ1n) is 4.69. The van der Waals surface area contributed by atoms with Crippen molar-refractivity contribution in [2.45, 2.75) is 19.9 Å². The summed E-state index contributed by atoms with van der Waals surface area (Å²) in [6, 6.07) is 10.4. The van der Waals surface area contributed by atoms with Crippen molar-refractivity contribution in [2.75, 3.05) is 0 Å². The molecule has 1 atom stereocenters. The summed E-state index contributed by atoms with van der Waals surface area (Å²) in [4.78, 5) is 0. The minimum atomic E-state index is 0.153. The molecule has 1 nitrogen and oxygen atoms in total. The van der Waals surface area contributed by atoms with Crippen LogP contribution in [-0.2, 0) is 0 Å². The quantitative estimate of drug-likeness (QED) is 0.751. The molecular weight excluding hydrogens is 158 g/mol. The molecule has 0 aliphatic carbocycles. The van der Waals surface area contributed by atoms with Gasteiger partial charge in [-0.1, -0.05) is 56.3 Å². The third-order valence-electron chi connectivity index (χ3n) is 2.08. The van der Waals surface area contributed by atoms with E-state index < -0.39 is 0 Å². The van der Waals surface area contributed by atoms with Crippen molar-refractivity contribution in [1.82, 2.24) is 0 Å². The Morgan fingerprint density at radius 3 is 2.31 bits per heavy atom. The zero-order chi connectivity index (χ0) is 9.68. The van der Waals surface area contributed by atoms with E-state index in [1.165, 1.54) is 5.56 Å². The summed E-state index contributed by atoms with van der Waals surface area (Å²) in [6.45, 7) is 4.25. The highest BCUT2D eigenvalue weighted by atomic mass is 14.6. The van der Waals surface area contributed by atoms with Gasteiger partial charge in [0, 0.05) is 6.04 Å². The van der Waals surface area contributed by atoms with Gasteiger partial charge in [0.15, 0.2) is 0 Å². The average Bonchev–Trinajstić information content (AvgIpc) is 2.15. The van der Waals surface area contributed by atoms with E-state index in [4.69, 9.17) is 5.73 Å². The van der Waals surface area contributed by atoms with Crippen LogP contribution in [0, 0.1) is 5.92 Å². The fourth-order valence-electron chi connectivity index (χ4n) is 1.01. The maximum Gasteiger partial charge on any atom is 0.0250 e. The number of rotatable bonds is 3. The molecule has 0 radical (unpaired) electrons. The smallest absolute Gasteiger partial charge is 0.0250 e. The van der Waals surface area contributed by atoms with Crippen LogP contribution in [0.5, 0.6) is 0 Å². The van der Waals surface area contributed by atoms with Gasteiger partial charge >= 0.3 is 0 Å². The highest BCUT2D eigenvalue weighted by Gasteiger charge is 2.01. The van der Waals surface area contributed by atoms with Gasteiger partial charge in [0.25, 0.3) is 0 Å². The van der Waals surface area contributed by atoms with Gasteiger partial charge in [0.05, 0.1) is 0 Å². The van der Waals surface area contributed by atoms with Crippen molar-refractivity contribution in [3.63, 3.8) is 0 Å². The molecule has 0 spiro atoms. The fraction of sp³-hybridized carbons (Fsp3) is 0.333. The van der Waals surface area contributed by atoms with E-state index in [-0.39, 0.29) is 6.04 Å². The molecule has 0 aliphatic rings. The predicted molar refractivity (Wildman–Crippen MR) is 58.3 cm³/mol. The van der Waals surface area contributed by atoms with Gasteiger partial charge in [0.1, 0.15) is 0 Å². The maximum absolute atomic E-state index is 5.88. The van der Waals surface area contributed by atoms with E-state index in [1.807, 2.05) is 18.2 Å². The molecule has 0 aromatic heterocycles. The van der Waals surface area contributed by atoms with Crippen LogP contribution in [0.15, 0.2) is 36.4 Å². The summed E-state index contributed by atoms with van der Waals surface area (Å²) in [5.41, 5.74) is 7.08. The number of hydrogen-bond donors (Lipinski definition) is 1. The van der Waals surface area contributed by atoms with Gasteiger partial charge < -0.3 is 5.73 Å². The third kappa shape index (κ3) is 3.43. The highest BCUT2D eigenvalue weighted by Crippen LogP contribution is 2.05. The lowest BCUT2D eigenvalue weighted by atomic mass is 10.0. The predicted octanol–water partition coefficient (Wildman–Crippen LogP) is 2.68. The van der Waals surface area contributed by atoms with Gasteiger partial charge in [-0.2, -0.15) is 0 Å². The Morgan fingerprint density at radius 2 is 1.77 bits per heavy atom. The summed E-state index contributed by atoms with van der Waals surface area (Å²) in [5.74, 6) is 0.500. The third-order valence-corrected chi connectivity index (χ3v) is 2.08. The van der Waals surface area contributed by atoms with E-state index in [9.17, 15) is 0 Å². The van der Waals surface area contributed by atoms with Gasteiger partial charge in [-0.3, -0.25) is 0 Å². The molecule has 1 aromatic carbocycles. The van der Waals surface area contributed by atoms with Gasteiger partial charge in [-0.25, -0.2) is 0 Å². The molecule has 70 valence electrons. The minimum Gasteiger partial charge on any atom is -0.324 e. The van der Waals surface area contributed by atoms with Crippen molar-refractivity contribution < 1.29 is 0 Å². The first-order valence-corrected chi connectivity index (χ1v) is 4.69. The Hall–Kier alpha value is -1.08. The molecule has 13 heavy (non-hydrogen) atoms. The standard InChI is InChI=1S/C12H17N/c1-10(2)12(13)9-8-11-6-4-3-5-7-11/h3-10,12H,13H2,1-2H3/b9-8+. The molecule has 1 heteroatoms. The van der Waals surface area contributed by atoms with E-state index in [1.54, 1.807) is 0 Å². The summed E-state index contributed by atoms with van der Waals surface area (Å²) in [5, 5.41) is 0. The Morgan fingerprint density at radius 1 is 1.15 bits per heavy atom. The van der Waals surface area contributed by atoms with Crippen LogP contribution in [0.3, 0.4) is 0 Å². The Kier molecular flexibility index (Phi) is 3.71. The molecule has 0 saturated carbocycles. The van der Waals surface area contributed by atoms with E-state index >= 15 is 0 Å². The molecule has 0 amide bonds. The van der Waals surface area contributed by atoms with Crippen molar-refractivity contribution in [3.8, 4) is 0 Å². The Balaban J connectivity index is 2.59. The van der Waals surface area contributed by atoms with Crippen LogP contribution >= 0.6 is 0 Å². The van der Waals surface area contributed by atoms with Crippen molar-refractivity contribution >= 4 is 6.08 Å². The second-order valence-electron chi connectivity index (χ2n) is 3.59. The SMILES string of the molecule is CC(C)C(N)/C=C/c1ccccc1. The lowest BCUT2D eigenvalue weighted by molar-refractivity contribution is 0.572. The van der Waals surface area contributed by atoms with E-state index in [0.29, 0.717) is 5.92 Å². The average molecular weight is 175 g/mol. The molecule has 0 fully saturated rings. The topological polar surface area (TPSA) is 26.0 Å². The number of benzene rings is 1. The van der Waals surface area contributed by atoms with Crippen molar-refractivity contribution in [2.24, 2.45) is 11.7 Å². The van der Waals surface area contributed by atoms with Crippen LogP contribution in [-0.4, -0.2) is 6.04 Å². The van der Waals surface area contributed by atoms with Crippen LogP contribution in [0.2, 0.25) is 0 Å². The monoisotopic (exact) mass is 175 g/mol. The van der Waals surface area contributed by atoms with Crippen LogP contribution < -0.4 is 5.73 Å². The zero-order valence-electron chi connectivity index (χ0n) is 8.27. The van der Waals surface area contributed by atoms with Crippen LogP contribution in [0.25, 0.3) is 6.08 Å². The molecule has 0 heterocycles. The maximum atomic E-state index is 5.88. The molecular formula is C12H17N. The normalized spacial score (nSPS) is 13.8. The summed E-state index contributed by atoms with van der Waals surface area (Å²) < 4.78 is 0. The minimum absolute atomic E-state index is 0.153. The molecule has 0 aliphatic heterocycles. The first kappa shape index (κ1) is 10.0. The zero-order valence-corrected chi connectivity index (χ0v) is 8.27. The molecule has 0 bridgehead atoms.